The van der Waals surface area contributed by atoms with Crippen LogP contribution in [0.3, 0.4) is 0 Å². The van der Waals surface area contributed by atoms with Gasteiger partial charge in [-0.15, -0.1) is 0 Å². The SMILES string of the molecule is CC(c1ccccc1)C(Br)c1cc2c(cc1Br)OCCO2. The summed E-state index contributed by atoms with van der Waals surface area (Å²) in [5.74, 6) is 1.98. The van der Waals surface area contributed by atoms with Gasteiger partial charge in [0.1, 0.15) is 13.2 Å². The van der Waals surface area contributed by atoms with Crippen LogP contribution in [0.1, 0.15) is 28.8 Å². The molecular formula is C17H16Br2O2. The molecule has 21 heavy (non-hydrogen) atoms. The molecule has 0 fully saturated rings. The Labute approximate surface area is 141 Å². The molecule has 1 aliphatic rings. The van der Waals surface area contributed by atoms with Crippen LogP contribution in [0.2, 0.25) is 0 Å². The number of halogens is 2. The first-order chi connectivity index (χ1) is 10.2. The largest absolute Gasteiger partial charge is 0.486 e. The van der Waals surface area contributed by atoms with Crippen LogP contribution >= 0.6 is 31.9 Å². The van der Waals surface area contributed by atoms with Gasteiger partial charge in [0, 0.05) is 9.30 Å². The molecule has 1 aliphatic heterocycles. The zero-order chi connectivity index (χ0) is 14.8. The number of alkyl halides is 1. The predicted octanol–water partition coefficient (Wildman–Crippen LogP) is 5.46. The lowest BCUT2D eigenvalue weighted by Gasteiger charge is -2.24. The number of hydrogen-bond acceptors (Lipinski definition) is 2. The first kappa shape index (κ1) is 14.9. The van der Waals surface area contributed by atoms with Gasteiger partial charge in [-0.05, 0) is 29.2 Å². The van der Waals surface area contributed by atoms with Gasteiger partial charge in [0.25, 0.3) is 0 Å². The van der Waals surface area contributed by atoms with E-state index < -0.39 is 0 Å². The Bertz CT molecular complexity index is 628. The lowest BCUT2D eigenvalue weighted by molar-refractivity contribution is 0.171. The summed E-state index contributed by atoms with van der Waals surface area (Å²) < 4.78 is 12.3. The third-order valence-corrected chi connectivity index (χ3v) is 5.70. The molecule has 0 saturated carbocycles. The number of fused-ring (bicyclic) bond motifs is 1. The predicted molar refractivity (Wildman–Crippen MR) is 91.7 cm³/mol. The number of ether oxygens (including phenoxy) is 2. The summed E-state index contributed by atoms with van der Waals surface area (Å²) in [4.78, 5) is 0.199. The van der Waals surface area contributed by atoms with Gasteiger partial charge in [-0.1, -0.05) is 69.1 Å². The van der Waals surface area contributed by atoms with Gasteiger partial charge in [0.2, 0.25) is 0 Å². The Morgan fingerprint density at radius 2 is 1.62 bits per heavy atom. The lowest BCUT2D eigenvalue weighted by atomic mass is 9.93. The highest BCUT2D eigenvalue weighted by atomic mass is 79.9. The molecule has 4 heteroatoms. The van der Waals surface area contributed by atoms with Crippen molar-refractivity contribution in [1.82, 2.24) is 0 Å². The summed E-state index contributed by atoms with van der Waals surface area (Å²) in [6.07, 6.45) is 0. The van der Waals surface area contributed by atoms with Crippen molar-refractivity contribution in [3.8, 4) is 11.5 Å². The average molecular weight is 412 g/mol. The molecule has 110 valence electrons. The number of benzene rings is 2. The molecule has 0 spiro atoms. The second kappa shape index (κ2) is 6.41. The molecule has 0 saturated heterocycles. The molecular weight excluding hydrogens is 396 g/mol. The molecule has 0 N–H and O–H groups in total. The minimum Gasteiger partial charge on any atom is -0.486 e. The Morgan fingerprint density at radius 3 is 2.29 bits per heavy atom. The van der Waals surface area contributed by atoms with Crippen molar-refractivity contribution in [3.05, 3.63) is 58.1 Å². The highest BCUT2D eigenvalue weighted by molar-refractivity contribution is 9.11. The zero-order valence-electron chi connectivity index (χ0n) is 11.7. The van der Waals surface area contributed by atoms with Crippen LogP contribution < -0.4 is 9.47 Å². The molecule has 2 aromatic carbocycles. The molecule has 1 heterocycles. The van der Waals surface area contributed by atoms with Crippen molar-refractivity contribution in [1.29, 1.82) is 0 Å². The van der Waals surface area contributed by atoms with E-state index in [-0.39, 0.29) is 4.83 Å². The molecule has 2 atom stereocenters. The van der Waals surface area contributed by atoms with Crippen molar-refractivity contribution >= 4 is 31.9 Å². The van der Waals surface area contributed by atoms with Crippen LogP contribution in [0.25, 0.3) is 0 Å². The summed E-state index contributed by atoms with van der Waals surface area (Å²) in [6, 6.07) is 14.6. The van der Waals surface area contributed by atoms with Crippen molar-refractivity contribution in [2.24, 2.45) is 0 Å². The first-order valence-corrected chi connectivity index (χ1v) is 8.65. The monoisotopic (exact) mass is 410 g/mol. The molecule has 2 unspecified atom stereocenters. The van der Waals surface area contributed by atoms with Crippen molar-refractivity contribution in [2.75, 3.05) is 13.2 Å². The van der Waals surface area contributed by atoms with E-state index >= 15 is 0 Å². The van der Waals surface area contributed by atoms with E-state index in [0.29, 0.717) is 19.1 Å². The fraction of sp³-hybridized carbons (Fsp3) is 0.294. The molecule has 0 bridgehead atoms. The molecule has 0 amide bonds. The molecule has 3 rings (SSSR count). The van der Waals surface area contributed by atoms with Crippen LogP contribution in [0.5, 0.6) is 11.5 Å². The lowest BCUT2D eigenvalue weighted by Crippen LogP contribution is -2.16. The number of rotatable bonds is 3. The van der Waals surface area contributed by atoms with E-state index in [2.05, 4.69) is 69.1 Å². The van der Waals surface area contributed by atoms with Crippen LogP contribution in [0, 0.1) is 0 Å². The Kier molecular flexibility index (Phi) is 4.55. The Balaban J connectivity index is 1.92. The van der Waals surface area contributed by atoms with Gasteiger partial charge in [0.05, 0.1) is 0 Å². The van der Waals surface area contributed by atoms with Crippen LogP contribution in [-0.4, -0.2) is 13.2 Å². The summed E-state index contributed by atoms with van der Waals surface area (Å²) >= 11 is 7.49. The van der Waals surface area contributed by atoms with E-state index in [4.69, 9.17) is 9.47 Å². The third-order valence-electron chi connectivity index (χ3n) is 3.72. The van der Waals surface area contributed by atoms with Crippen molar-refractivity contribution in [2.45, 2.75) is 17.7 Å². The maximum atomic E-state index is 5.69. The first-order valence-electron chi connectivity index (χ1n) is 6.95. The fourth-order valence-electron chi connectivity index (χ4n) is 2.49. The Hall–Kier alpha value is -1.00. The second-order valence-corrected chi connectivity index (χ2v) is 6.96. The van der Waals surface area contributed by atoms with Crippen LogP contribution in [-0.2, 0) is 0 Å². The standard InChI is InChI=1S/C17H16Br2O2/c1-11(12-5-3-2-4-6-12)17(19)13-9-15-16(10-14(13)18)21-8-7-20-15/h2-6,9-11,17H,7-8H2,1H3. The van der Waals surface area contributed by atoms with Gasteiger partial charge in [-0.25, -0.2) is 0 Å². The van der Waals surface area contributed by atoms with Gasteiger partial charge < -0.3 is 9.47 Å². The molecule has 0 radical (unpaired) electrons. The topological polar surface area (TPSA) is 18.5 Å². The minimum absolute atomic E-state index is 0.199. The highest BCUT2D eigenvalue weighted by Crippen LogP contribution is 2.45. The van der Waals surface area contributed by atoms with Crippen molar-refractivity contribution < 1.29 is 9.47 Å². The summed E-state index contributed by atoms with van der Waals surface area (Å²) in [5.41, 5.74) is 2.48. The minimum atomic E-state index is 0.199. The van der Waals surface area contributed by atoms with E-state index in [9.17, 15) is 0 Å². The molecule has 2 aromatic rings. The quantitative estimate of drug-likeness (QED) is 0.624. The van der Waals surface area contributed by atoms with E-state index in [0.717, 1.165) is 16.0 Å². The number of hydrogen-bond donors (Lipinski definition) is 0. The van der Waals surface area contributed by atoms with Gasteiger partial charge in [0.15, 0.2) is 11.5 Å². The van der Waals surface area contributed by atoms with Crippen LogP contribution in [0.4, 0.5) is 0 Å². The van der Waals surface area contributed by atoms with E-state index in [1.807, 2.05) is 12.1 Å². The van der Waals surface area contributed by atoms with E-state index in [1.54, 1.807) is 0 Å². The Morgan fingerprint density at radius 1 is 1.00 bits per heavy atom. The molecule has 0 aromatic heterocycles. The maximum absolute atomic E-state index is 5.69. The smallest absolute Gasteiger partial charge is 0.162 e. The van der Waals surface area contributed by atoms with Gasteiger partial charge >= 0.3 is 0 Å². The summed E-state index contributed by atoms with van der Waals surface area (Å²) in [7, 11) is 0. The van der Waals surface area contributed by atoms with Crippen LogP contribution in [0.15, 0.2) is 46.9 Å². The average Bonchev–Trinajstić information content (AvgIpc) is 2.53. The summed E-state index contributed by atoms with van der Waals surface area (Å²) in [6.45, 7) is 3.43. The third kappa shape index (κ3) is 3.11. The van der Waals surface area contributed by atoms with Gasteiger partial charge in [-0.2, -0.15) is 0 Å². The normalized spacial score (nSPS) is 16.3. The molecule has 2 nitrogen and oxygen atoms in total. The zero-order valence-corrected chi connectivity index (χ0v) is 14.9. The van der Waals surface area contributed by atoms with Crippen molar-refractivity contribution in [3.63, 3.8) is 0 Å². The summed E-state index contributed by atoms with van der Waals surface area (Å²) in [5, 5.41) is 0. The fourth-order valence-corrected chi connectivity index (χ4v) is 4.05. The second-order valence-electron chi connectivity index (χ2n) is 5.12. The molecule has 0 aliphatic carbocycles. The van der Waals surface area contributed by atoms with E-state index in [1.165, 1.54) is 11.1 Å². The highest BCUT2D eigenvalue weighted by Gasteiger charge is 2.23. The maximum Gasteiger partial charge on any atom is 0.162 e. The van der Waals surface area contributed by atoms with Gasteiger partial charge in [-0.3, -0.25) is 0 Å².